The number of halogens is 2. The molecular weight excluding hydrogens is 359 g/mol. The van der Waals surface area contributed by atoms with Crippen LogP contribution in [0.25, 0.3) is 0 Å². The second kappa shape index (κ2) is 7.66. The summed E-state index contributed by atoms with van der Waals surface area (Å²) in [5.41, 5.74) is 4.40. The number of thiocarbonyl (C=S) groups is 1. The molecule has 7 nitrogen and oxygen atoms in total. The van der Waals surface area contributed by atoms with E-state index in [1.807, 2.05) is 0 Å². The molecule has 10 heteroatoms. The molecule has 0 heterocycles. The van der Waals surface area contributed by atoms with Crippen LogP contribution in [0.2, 0.25) is 5.02 Å². The van der Waals surface area contributed by atoms with Gasteiger partial charge in [0.15, 0.2) is 5.11 Å². The second-order valence-electron chi connectivity index (χ2n) is 4.43. The Balaban J connectivity index is 1.99. The van der Waals surface area contributed by atoms with E-state index in [4.69, 9.17) is 23.8 Å². The van der Waals surface area contributed by atoms with Gasteiger partial charge in [-0.3, -0.25) is 25.8 Å². The van der Waals surface area contributed by atoms with Crippen LogP contribution >= 0.6 is 23.8 Å². The van der Waals surface area contributed by atoms with E-state index >= 15 is 0 Å². The van der Waals surface area contributed by atoms with Gasteiger partial charge in [0.25, 0.3) is 11.6 Å². The van der Waals surface area contributed by atoms with Gasteiger partial charge in [-0.15, -0.1) is 0 Å². The molecule has 0 fully saturated rings. The Labute approximate surface area is 145 Å². The van der Waals surface area contributed by atoms with Crippen molar-refractivity contribution in [2.24, 2.45) is 0 Å². The lowest BCUT2D eigenvalue weighted by Crippen LogP contribution is -2.44. The minimum absolute atomic E-state index is 0.0814. The lowest BCUT2D eigenvalue weighted by molar-refractivity contribution is -0.384. The fourth-order valence-electron chi connectivity index (χ4n) is 1.70. The van der Waals surface area contributed by atoms with E-state index in [1.54, 1.807) is 0 Å². The fraction of sp³-hybridized carbons (Fsp3) is 0. The first-order valence-electron chi connectivity index (χ1n) is 6.44. The Hall–Kier alpha value is -2.78. The van der Waals surface area contributed by atoms with E-state index in [0.717, 1.165) is 6.07 Å². The first-order chi connectivity index (χ1) is 11.4. The molecule has 2 aromatic carbocycles. The van der Waals surface area contributed by atoms with Crippen LogP contribution in [0.1, 0.15) is 10.4 Å². The SMILES string of the molecule is O=C(NNC(=S)Nc1cc([N+](=O)[O-])ccc1Cl)c1ccccc1F. The molecule has 2 rings (SSSR count). The third-order valence-electron chi connectivity index (χ3n) is 2.82. The summed E-state index contributed by atoms with van der Waals surface area (Å²) in [4.78, 5) is 22.0. The van der Waals surface area contributed by atoms with E-state index in [-0.39, 0.29) is 27.1 Å². The molecule has 2 aromatic rings. The molecule has 0 bridgehead atoms. The number of hydrogen-bond donors (Lipinski definition) is 3. The molecule has 0 saturated heterocycles. The number of non-ortho nitro benzene ring substituents is 1. The summed E-state index contributed by atoms with van der Waals surface area (Å²) < 4.78 is 13.5. The number of anilines is 1. The van der Waals surface area contributed by atoms with Crippen molar-refractivity contribution < 1.29 is 14.1 Å². The van der Waals surface area contributed by atoms with Crippen LogP contribution in [0.15, 0.2) is 42.5 Å². The number of nitro groups is 1. The average molecular weight is 369 g/mol. The van der Waals surface area contributed by atoms with E-state index in [2.05, 4.69) is 16.2 Å². The molecule has 3 N–H and O–H groups in total. The normalized spacial score (nSPS) is 9.92. The molecular formula is C14H10ClFN4O3S. The van der Waals surface area contributed by atoms with Crippen molar-refractivity contribution in [1.82, 2.24) is 10.9 Å². The summed E-state index contributed by atoms with van der Waals surface area (Å²) in [6.45, 7) is 0. The van der Waals surface area contributed by atoms with Crippen LogP contribution in [0.4, 0.5) is 15.8 Å². The summed E-state index contributed by atoms with van der Waals surface area (Å²) >= 11 is 10.9. The van der Waals surface area contributed by atoms with E-state index < -0.39 is 16.6 Å². The molecule has 0 radical (unpaired) electrons. The van der Waals surface area contributed by atoms with Crippen molar-refractivity contribution in [3.8, 4) is 0 Å². The highest BCUT2D eigenvalue weighted by Gasteiger charge is 2.13. The largest absolute Gasteiger partial charge is 0.330 e. The van der Waals surface area contributed by atoms with Gasteiger partial charge in [-0.2, -0.15) is 0 Å². The van der Waals surface area contributed by atoms with Crippen molar-refractivity contribution in [3.63, 3.8) is 0 Å². The van der Waals surface area contributed by atoms with Crippen LogP contribution in [-0.2, 0) is 0 Å². The van der Waals surface area contributed by atoms with Gasteiger partial charge in [0.05, 0.1) is 21.2 Å². The quantitative estimate of drug-likeness (QED) is 0.438. The number of benzene rings is 2. The number of nitrogens with one attached hydrogen (secondary N) is 3. The summed E-state index contributed by atoms with van der Waals surface area (Å²) in [5.74, 6) is -1.42. The maximum Gasteiger partial charge on any atom is 0.272 e. The van der Waals surface area contributed by atoms with Gasteiger partial charge in [-0.25, -0.2) is 4.39 Å². The molecule has 0 saturated carbocycles. The van der Waals surface area contributed by atoms with Gasteiger partial charge in [0.2, 0.25) is 0 Å². The number of nitro benzene ring substituents is 1. The number of rotatable bonds is 3. The second-order valence-corrected chi connectivity index (χ2v) is 5.25. The Morgan fingerprint density at radius 2 is 1.92 bits per heavy atom. The number of nitrogens with zero attached hydrogens (tertiary/aromatic N) is 1. The van der Waals surface area contributed by atoms with Crippen molar-refractivity contribution in [2.75, 3.05) is 5.32 Å². The minimum atomic E-state index is -0.734. The highest BCUT2D eigenvalue weighted by molar-refractivity contribution is 7.80. The maximum atomic E-state index is 13.5. The minimum Gasteiger partial charge on any atom is -0.330 e. The van der Waals surface area contributed by atoms with Crippen molar-refractivity contribution in [2.45, 2.75) is 0 Å². The lowest BCUT2D eigenvalue weighted by Gasteiger charge is -2.12. The molecule has 24 heavy (non-hydrogen) atoms. The van der Waals surface area contributed by atoms with Gasteiger partial charge < -0.3 is 5.32 Å². The molecule has 0 spiro atoms. The highest BCUT2D eigenvalue weighted by Crippen LogP contribution is 2.26. The standard InChI is InChI=1S/C14H10ClFN4O3S/c15-10-6-5-8(20(22)23)7-12(10)17-14(24)19-18-13(21)9-3-1-2-4-11(9)16/h1-7H,(H,18,21)(H2,17,19,24). The van der Waals surface area contributed by atoms with E-state index in [1.165, 1.54) is 36.4 Å². The fourth-order valence-corrected chi connectivity index (χ4v) is 2.03. The number of carbonyl (C=O) groups is 1. The Kier molecular flexibility index (Phi) is 5.61. The molecule has 0 atom stereocenters. The van der Waals surface area contributed by atoms with Gasteiger partial charge in [0, 0.05) is 12.1 Å². The lowest BCUT2D eigenvalue weighted by atomic mass is 10.2. The van der Waals surface area contributed by atoms with E-state index in [9.17, 15) is 19.3 Å². The Morgan fingerprint density at radius 3 is 2.58 bits per heavy atom. The van der Waals surface area contributed by atoms with Gasteiger partial charge in [-0.1, -0.05) is 23.7 Å². The topological polar surface area (TPSA) is 96.3 Å². The number of amides is 1. The zero-order valence-corrected chi connectivity index (χ0v) is 13.5. The Bertz CT molecular complexity index is 818. The van der Waals surface area contributed by atoms with Crippen molar-refractivity contribution in [3.05, 3.63) is 69.0 Å². The van der Waals surface area contributed by atoms with Crippen LogP contribution in [-0.4, -0.2) is 15.9 Å². The third-order valence-corrected chi connectivity index (χ3v) is 3.35. The summed E-state index contributed by atoms with van der Waals surface area (Å²) in [5, 5.41) is 13.5. The van der Waals surface area contributed by atoms with Gasteiger partial charge >= 0.3 is 0 Å². The number of carbonyl (C=O) groups excluding carboxylic acids is 1. The smallest absolute Gasteiger partial charge is 0.272 e. The molecule has 124 valence electrons. The summed E-state index contributed by atoms with van der Waals surface area (Å²) in [6.07, 6.45) is 0. The van der Waals surface area contributed by atoms with Gasteiger partial charge in [0.1, 0.15) is 5.82 Å². The predicted molar refractivity (Wildman–Crippen MR) is 91.3 cm³/mol. The zero-order valence-electron chi connectivity index (χ0n) is 11.9. The molecule has 0 aliphatic heterocycles. The van der Waals surface area contributed by atoms with Crippen molar-refractivity contribution >= 4 is 46.2 Å². The predicted octanol–water partition coefficient (Wildman–Crippen LogP) is 3.02. The van der Waals surface area contributed by atoms with E-state index in [0.29, 0.717) is 0 Å². The number of hydrazine groups is 1. The molecule has 0 aromatic heterocycles. The van der Waals surface area contributed by atoms with Crippen LogP contribution in [0, 0.1) is 15.9 Å². The average Bonchev–Trinajstić information content (AvgIpc) is 2.55. The number of hydrogen-bond acceptors (Lipinski definition) is 4. The van der Waals surface area contributed by atoms with Gasteiger partial charge in [-0.05, 0) is 30.4 Å². The van der Waals surface area contributed by atoms with Crippen LogP contribution in [0.3, 0.4) is 0 Å². The summed E-state index contributed by atoms with van der Waals surface area (Å²) in [6, 6.07) is 9.18. The first kappa shape index (κ1) is 17.6. The van der Waals surface area contributed by atoms with Crippen LogP contribution in [0.5, 0.6) is 0 Å². The monoisotopic (exact) mass is 368 g/mol. The third kappa shape index (κ3) is 4.37. The molecule has 0 aliphatic rings. The highest BCUT2D eigenvalue weighted by atomic mass is 35.5. The molecule has 1 amide bonds. The zero-order chi connectivity index (χ0) is 17.7. The molecule has 0 aliphatic carbocycles. The van der Waals surface area contributed by atoms with Crippen molar-refractivity contribution in [1.29, 1.82) is 0 Å². The summed E-state index contributed by atoms with van der Waals surface area (Å²) in [7, 11) is 0. The van der Waals surface area contributed by atoms with Crippen LogP contribution < -0.4 is 16.2 Å². The Morgan fingerprint density at radius 1 is 1.21 bits per heavy atom. The first-order valence-corrected chi connectivity index (χ1v) is 7.23. The molecule has 0 unspecified atom stereocenters. The maximum absolute atomic E-state index is 13.5.